The van der Waals surface area contributed by atoms with Crippen molar-refractivity contribution in [2.75, 3.05) is 6.61 Å². The van der Waals surface area contributed by atoms with E-state index in [4.69, 9.17) is 9.47 Å². The lowest BCUT2D eigenvalue weighted by Gasteiger charge is -2.00. The van der Waals surface area contributed by atoms with E-state index in [1.807, 2.05) is 37.3 Å². The molecule has 0 aliphatic rings. The van der Waals surface area contributed by atoms with E-state index in [9.17, 15) is 4.79 Å². The molecule has 5 heteroatoms. The Kier molecular flexibility index (Phi) is 4.52. The summed E-state index contributed by atoms with van der Waals surface area (Å²) in [5.41, 5.74) is 0.809. The van der Waals surface area contributed by atoms with Gasteiger partial charge in [-0.1, -0.05) is 29.5 Å². The molecule has 0 unspecified atom stereocenters. The van der Waals surface area contributed by atoms with Crippen molar-refractivity contribution in [1.29, 1.82) is 0 Å². The summed E-state index contributed by atoms with van der Waals surface area (Å²) in [5, 5.41) is 0.544. The van der Waals surface area contributed by atoms with Gasteiger partial charge in [-0.15, -0.1) is 0 Å². The van der Waals surface area contributed by atoms with Crippen LogP contribution in [-0.2, 0) is 16.0 Å². The largest absolute Gasteiger partial charge is 0.466 e. The molecule has 0 atom stereocenters. The molecule has 4 nitrogen and oxygen atoms in total. The number of hydrogen-bond donors (Lipinski definition) is 0. The molecule has 0 saturated carbocycles. The topological polar surface area (TPSA) is 48.4 Å². The summed E-state index contributed by atoms with van der Waals surface area (Å²) in [6.45, 7) is 4.05. The number of para-hydroxylation sites is 1. The van der Waals surface area contributed by atoms with Crippen molar-refractivity contribution >= 4 is 17.3 Å². The molecular formula is C14H15NO3S. The molecule has 0 N–H and O–H groups in total. The molecule has 0 radical (unpaired) electrons. The number of hydrogen-bond acceptors (Lipinski definition) is 5. The van der Waals surface area contributed by atoms with Crippen molar-refractivity contribution < 1.29 is 14.3 Å². The van der Waals surface area contributed by atoms with Gasteiger partial charge in [0.15, 0.2) is 0 Å². The summed E-state index contributed by atoms with van der Waals surface area (Å²) in [7, 11) is 0. The van der Waals surface area contributed by atoms with Gasteiger partial charge >= 0.3 is 5.97 Å². The van der Waals surface area contributed by atoms with E-state index in [1.54, 1.807) is 6.92 Å². The first-order valence-electron chi connectivity index (χ1n) is 6.04. The van der Waals surface area contributed by atoms with Crippen LogP contribution in [0.25, 0.3) is 0 Å². The van der Waals surface area contributed by atoms with Crippen LogP contribution in [0.1, 0.15) is 17.5 Å². The fourth-order valence-corrected chi connectivity index (χ4v) is 2.46. The van der Waals surface area contributed by atoms with Crippen molar-refractivity contribution in [1.82, 2.24) is 4.98 Å². The SMILES string of the molecule is CCOC(=O)Cc1sc(Oc2ccccc2)nc1C. The second-order valence-corrected chi connectivity index (χ2v) is 4.93. The zero-order valence-corrected chi connectivity index (χ0v) is 11.7. The first-order valence-corrected chi connectivity index (χ1v) is 6.85. The summed E-state index contributed by atoms with van der Waals surface area (Å²) in [5.74, 6) is 0.499. The summed E-state index contributed by atoms with van der Waals surface area (Å²) in [6, 6.07) is 9.44. The summed E-state index contributed by atoms with van der Waals surface area (Å²) >= 11 is 1.37. The van der Waals surface area contributed by atoms with Crippen LogP contribution in [0.2, 0.25) is 0 Å². The lowest BCUT2D eigenvalue weighted by Crippen LogP contribution is -2.07. The number of esters is 1. The third kappa shape index (κ3) is 3.79. The Balaban J connectivity index is 2.06. The smallest absolute Gasteiger partial charge is 0.311 e. The summed E-state index contributed by atoms with van der Waals surface area (Å²) in [6.07, 6.45) is 0.246. The van der Waals surface area contributed by atoms with Crippen LogP contribution in [0.5, 0.6) is 10.9 Å². The van der Waals surface area contributed by atoms with Crippen LogP contribution >= 0.6 is 11.3 Å². The molecule has 1 aromatic heterocycles. The molecule has 0 amide bonds. The first kappa shape index (κ1) is 13.5. The molecule has 1 heterocycles. The highest BCUT2D eigenvalue weighted by molar-refractivity contribution is 7.13. The lowest BCUT2D eigenvalue weighted by atomic mass is 10.3. The van der Waals surface area contributed by atoms with Crippen LogP contribution in [-0.4, -0.2) is 17.6 Å². The van der Waals surface area contributed by atoms with Crippen molar-refractivity contribution in [3.63, 3.8) is 0 Å². The molecule has 0 fully saturated rings. The Morgan fingerprint density at radius 2 is 2.05 bits per heavy atom. The van der Waals surface area contributed by atoms with Crippen LogP contribution < -0.4 is 4.74 Å². The highest BCUT2D eigenvalue weighted by atomic mass is 32.1. The van der Waals surface area contributed by atoms with Gasteiger partial charge in [-0.2, -0.15) is 0 Å². The minimum absolute atomic E-state index is 0.236. The van der Waals surface area contributed by atoms with Crippen LogP contribution in [0.4, 0.5) is 0 Å². The Morgan fingerprint density at radius 3 is 2.74 bits per heavy atom. The highest BCUT2D eigenvalue weighted by Gasteiger charge is 2.13. The molecule has 0 bridgehead atoms. The summed E-state index contributed by atoms with van der Waals surface area (Å²) in [4.78, 5) is 16.6. The number of thiazole rings is 1. The molecule has 0 spiro atoms. The minimum Gasteiger partial charge on any atom is -0.466 e. The zero-order valence-electron chi connectivity index (χ0n) is 10.9. The lowest BCUT2D eigenvalue weighted by molar-refractivity contribution is -0.142. The molecule has 2 rings (SSSR count). The van der Waals surface area contributed by atoms with Crippen LogP contribution in [0.3, 0.4) is 0 Å². The fourth-order valence-electron chi connectivity index (χ4n) is 1.54. The van der Waals surface area contributed by atoms with Crippen LogP contribution in [0.15, 0.2) is 30.3 Å². The van der Waals surface area contributed by atoms with Gasteiger partial charge in [-0.25, -0.2) is 4.98 Å². The Morgan fingerprint density at radius 1 is 1.32 bits per heavy atom. The molecule has 0 aliphatic carbocycles. The number of nitrogens with zero attached hydrogens (tertiary/aromatic N) is 1. The molecule has 100 valence electrons. The monoisotopic (exact) mass is 277 g/mol. The number of benzene rings is 1. The van der Waals surface area contributed by atoms with Gasteiger partial charge in [-0.3, -0.25) is 4.79 Å². The van der Waals surface area contributed by atoms with E-state index in [1.165, 1.54) is 11.3 Å². The number of aryl methyl sites for hydroxylation is 1. The maximum atomic E-state index is 11.4. The van der Waals surface area contributed by atoms with Gasteiger partial charge in [0.25, 0.3) is 5.19 Å². The maximum absolute atomic E-state index is 11.4. The predicted octanol–water partition coefficient (Wildman–Crippen LogP) is 3.35. The number of ether oxygens (including phenoxy) is 2. The number of carbonyl (C=O) groups is 1. The minimum atomic E-state index is -0.236. The van der Waals surface area contributed by atoms with E-state index >= 15 is 0 Å². The van der Waals surface area contributed by atoms with Crippen molar-refractivity contribution in [2.45, 2.75) is 20.3 Å². The van der Waals surface area contributed by atoms with E-state index in [2.05, 4.69) is 4.98 Å². The quantitative estimate of drug-likeness (QED) is 0.786. The van der Waals surface area contributed by atoms with Gasteiger partial charge in [0, 0.05) is 4.88 Å². The third-order valence-corrected chi connectivity index (χ3v) is 3.47. The molecule has 19 heavy (non-hydrogen) atoms. The predicted molar refractivity (Wildman–Crippen MR) is 73.7 cm³/mol. The summed E-state index contributed by atoms with van der Waals surface area (Å²) < 4.78 is 10.6. The van der Waals surface area contributed by atoms with Crippen molar-refractivity contribution in [2.24, 2.45) is 0 Å². The Labute approximate surface area is 116 Å². The third-order valence-electron chi connectivity index (χ3n) is 2.43. The molecule has 1 aromatic carbocycles. The van der Waals surface area contributed by atoms with E-state index < -0.39 is 0 Å². The fraction of sp³-hybridized carbons (Fsp3) is 0.286. The Hall–Kier alpha value is -1.88. The van der Waals surface area contributed by atoms with Gasteiger partial charge in [0.05, 0.1) is 18.7 Å². The second kappa shape index (κ2) is 6.33. The number of carbonyl (C=O) groups excluding carboxylic acids is 1. The standard InChI is InChI=1S/C14H15NO3S/c1-3-17-13(16)9-12-10(2)15-14(19-12)18-11-7-5-4-6-8-11/h4-8H,3,9H2,1-2H3. The normalized spacial score (nSPS) is 10.2. The average molecular weight is 277 g/mol. The number of aromatic nitrogens is 1. The molecule has 2 aromatic rings. The van der Waals surface area contributed by atoms with Gasteiger partial charge < -0.3 is 9.47 Å². The van der Waals surface area contributed by atoms with Gasteiger partial charge in [0.1, 0.15) is 5.75 Å². The van der Waals surface area contributed by atoms with Crippen molar-refractivity contribution in [3.05, 3.63) is 40.9 Å². The molecule has 0 saturated heterocycles. The maximum Gasteiger partial charge on any atom is 0.311 e. The van der Waals surface area contributed by atoms with E-state index in [-0.39, 0.29) is 12.4 Å². The van der Waals surface area contributed by atoms with Gasteiger partial charge in [-0.05, 0) is 26.0 Å². The number of rotatable bonds is 5. The van der Waals surface area contributed by atoms with Crippen molar-refractivity contribution in [3.8, 4) is 10.9 Å². The first-order chi connectivity index (χ1) is 9.19. The highest BCUT2D eigenvalue weighted by Crippen LogP contribution is 2.29. The van der Waals surface area contributed by atoms with E-state index in [0.29, 0.717) is 11.8 Å². The second-order valence-electron chi connectivity index (χ2n) is 3.89. The van der Waals surface area contributed by atoms with Crippen LogP contribution in [0, 0.1) is 6.92 Å². The zero-order chi connectivity index (χ0) is 13.7. The molecular weight excluding hydrogens is 262 g/mol. The molecule has 0 aliphatic heterocycles. The van der Waals surface area contributed by atoms with E-state index in [0.717, 1.165) is 16.3 Å². The van der Waals surface area contributed by atoms with Gasteiger partial charge in [0.2, 0.25) is 0 Å². The Bertz CT molecular complexity index is 551. The average Bonchev–Trinajstić information content (AvgIpc) is 2.71.